The van der Waals surface area contributed by atoms with Crippen molar-refractivity contribution < 1.29 is 9.50 Å². The van der Waals surface area contributed by atoms with Crippen LogP contribution in [0.5, 0.6) is 5.75 Å². The van der Waals surface area contributed by atoms with E-state index in [9.17, 15) is 9.50 Å². The van der Waals surface area contributed by atoms with E-state index in [1.165, 1.54) is 12.3 Å². The molecule has 9 heteroatoms. The Hall–Kier alpha value is -3.33. The number of hydrogen-bond acceptors (Lipinski definition) is 8. The molecule has 4 heterocycles. The van der Waals surface area contributed by atoms with Gasteiger partial charge in [-0.2, -0.15) is 0 Å². The molecule has 150 valence electrons. The summed E-state index contributed by atoms with van der Waals surface area (Å²) in [5.41, 5.74) is 13.4. The van der Waals surface area contributed by atoms with Crippen LogP contribution in [0.3, 0.4) is 0 Å². The number of aromatic hydroxyl groups is 1. The molecule has 0 aromatic carbocycles. The third kappa shape index (κ3) is 3.95. The fourth-order valence-electron chi connectivity index (χ4n) is 3.59. The Labute approximate surface area is 167 Å². The summed E-state index contributed by atoms with van der Waals surface area (Å²) < 4.78 is 14.5. The molecule has 0 aliphatic carbocycles. The monoisotopic (exact) mass is 395 g/mol. The van der Waals surface area contributed by atoms with E-state index in [0.29, 0.717) is 11.3 Å². The van der Waals surface area contributed by atoms with Gasteiger partial charge in [0.25, 0.3) is 0 Å². The summed E-state index contributed by atoms with van der Waals surface area (Å²) >= 11 is 0. The molecule has 0 unspecified atom stereocenters. The van der Waals surface area contributed by atoms with Crippen LogP contribution < -0.4 is 11.5 Å². The van der Waals surface area contributed by atoms with Crippen LogP contribution in [0, 0.1) is 5.82 Å². The summed E-state index contributed by atoms with van der Waals surface area (Å²) in [6.07, 6.45) is 3.38. The first-order valence-electron chi connectivity index (χ1n) is 9.35. The summed E-state index contributed by atoms with van der Waals surface area (Å²) in [6.45, 7) is 1.94. The maximum Gasteiger partial charge on any atom is 0.220 e. The van der Waals surface area contributed by atoms with Gasteiger partial charge in [-0.15, -0.1) is 0 Å². The number of rotatable bonds is 3. The summed E-state index contributed by atoms with van der Waals surface area (Å²) in [5, 5.41) is 10.4. The highest BCUT2D eigenvalue weighted by atomic mass is 19.1. The van der Waals surface area contributed by atoms with Crippen molar-refractivity contribution in [1.82, 2.24) is 24.8 Å². The van der Waals surface area contributed by atoms with Crippen molar-refractivity contribution in [1.29, 1.82) is 0 Å². The zero-order chi connectivity index (χ0) is 20.5. The first kappa shape index (κ1) is 19.0. The Morgan fingerprint density at radius 2 is 1.83 bits per heavy atom. The summed E-state index contributed by atoms with van der Waals surface area (Å²) in [5.74, 6) is -0.404. The first-order chi connectivity index (χ1) is 13.9. The molecule has 4 rings (SSSR count). The molecule has 0 amide bonds. The fourth-order valence-corrected chi connectivity index (χ4v) is 3.59. The van der Waals surface area contributed by atoms with E-state index in [1.807, 2.05) is 0 Å². The number of pyridine rings is 2. The van der Waals surface area contributed by atoms with E-state index in [4.69, 9.17) is 11.5 Å². The van der Waals surface area contributed by atoms with Crippen LogP contribution >= 0.6 is 0 Å². The van der Waals surface area contributed by atoms with Crippen LogP contribution in [0.4, 0.5) is 16.2 Å². The minimum Gasteiger partial charge on any atom is -0.505 e. The van der Waals surface area contributed by atoms with Crippen molar-refractivity contribution >= 4 is 11.8 Å². The molecule has 29 heavy (non-hydrogen) atoms. The molecule has 0 bridgehead atoms. The maximum absolute atomic E-state index is 14.5. The average Bonchev–Trinajstić information content (AvgIpc) is 2.68. The van der Waals surface area contributed by atoms with Crippen LogP contribution in [-0.2, 0) is 0 Å². The number of aromatic nitrogens is 4. The Balaban J connectivity index is 1.77. The number of anilines is 2. The molecule has 0 atom stereocenters. The van der Waals surface area contributed by atoms with Crippen molar-refractivity contribution in [2.75, 3.05) is 31.6 Å². The Kier molecular flexibility index (Phi) is 4.98. The second-order valence-corrected chi connectivity index (χ2v) is 7.27. The highest BCUT2D eigenvalue weighted by Gasteiger charge is 2.23. The van der Waals surface area contributed by atoms with Gasteiger partial charge >= 0.3 is 0 Å². The number of likely N-dealkylation sites (tertiary alicyclic amines) is 1. The smallest absolute Gasteiger partial charge is 0.220 e. The SMILES string of the molecule is CN1CCC(c2cc(-c3nc(-c4ccnc(N)c4)c(F)cc3O)nc(N)n2)CC1. The zero-order valence-electron chi connectivity index (χ0n) is 16.0. The van der Waals surface area contributed by atoms with Crippen LogP contribution in [-0.4, -0.2) is 50.1 Å². The lowest BCUT2D eigenvalue weighted by atomic mass is 9.93. The number of halogens is 1. The molecule has 0 radical (unpaired) electrons. The van der Waals surface area contributed by atoms with E-state index in [0.717, 1.165) is 37.7 Å². The molecule has 8 nitrogen and oxygen atoms in total. The van der Waals surface area contributed by atoms with Crippen molar-refractivity contribution in [2.45, 2.75) is 18.8 Å². The second-order valence-electron chi connectivity index (χ2n) is 7.27. The molecular formula is C20H22FN7O. The van der Waals surface area contributed by atoms with Crippen LogP contribution in [0.1, 0.15) is 24.5 Å². The van der Waals surface area contributed by atoms with E-state index in [1.54, 1.807) is 12.1 Å². The zero-order valence-corrected chi connectivity index (χ0v) is 16.0. The minimum absolute atomic E-state index is 0.0462. The number of piperidine rings is 1. The molecule has 3 aromatic rings. The summed E-state index contributed by atoms with van der Waals surface area (Å²) in [4.78, 5) is 19.1. The molecule has 1 aliphatic heterocycles. The number of hydrogen-bond donors (Lipinski definition) is 3. The highest BCUT2D eigenvalue weighted by Crippen LogP contribution is 2.34. The van der Waals surface area contributed by atoms with Gasteiger partial charge < -0.3 is 21.5 Å². The van der Waals surface area contributed by atoms with Crippen LogP contribution in [0.15, 0.2) is 30.5 Å². The van der Waals surface area contributed by atoms with Gasteiger partial charge in [0.15, 0.2) is 5.82 Å². The van der Waals surface area contributed by atoms with Gasteiger partial charge in [-0.05, 0) is 51.2 Å². The van der Waals surface area contributed by atoms with Gasteiger partial charge in [0.05, 0.1) is 5.69 Å². The van der Waals surface area contributed by atoms with Crippen LogP contribution in [0.2, 0.25) is 0 Å². The van der Waals surface area contributed by atoms with Gasteiger partial charge in [0, 0.05) is 29.4 Å². The van der Waals surface area contributed by atoms with Gasteiger partial charge in [-0.25, -0.2) is 24.3 Å². The van der Waals surface area contributed by atoms with Crippen molar-refractivity contribution in [3.8, 4) is 28.4 Å². The third-order valence-corrected chi connectivity index (χ3v) is 5.15. The predicted molar refractivity (Wildman–Crippen MR) is 108 cm³/mol. The van der Waals surface area contributed by atoms with Crippen molar-refractivity contribution in [3.05, 3.63) is 42.0 Å². The van der Waals surface area contributed by atoms with E-state index >= 15 is 0 Å². The van der Waals surface area contributed by atoms with Crippen molar-refractivity contribution in [2.24, 2.45) is 0 Å². The molecule has 0 spiro atoms. The third-order valence-electron chi connectivity index (χ3n) is 5.15. The Morgan fingerprint density at radius 1 is 1.07 bits per heavy atom. The normalized spacial score (nSPS) is 15.5. The molecule has 1 fully saturated rings. The topological polar surface area (TPSA) is 127 Å². The lowest BCUT2D eigenvalue weighted by Gasteiger charge is -2.28. The number of nitrogen functional groups attached to an aromatic ring is 2. The van der Waals surface area contributed by atoms with Gasteiger partial charge in [-0.3, -0.25) is 0 Å². The number of nitrogens with two attached hydrogens (primary N) is 2. The predicted octanol–water partition coefficient (Wildman–Crippen LogP) is 2.42. The maximum atomic E-state index is 14.5. The van der Waals surface area contributed by atoms with E-state index in [-0.39, 0.29) is 34.8 Å². The molecule has 5 N–H and O–H groups in total. The van der Waals surface area contributed by atoms with Crippen LogP contribution in [0.25, 0.3) is 22.6 Å². The molecule has 3 aromatic heterocycles. The lowest BCUT2D eigenvalue weighted by molar-refractivity contribution is 0.253. The fraction of sp³-hybridized carbons (Fsp3) is 0.300. The van der Waals surface area contributed by atoms with Gasteiger partial charge in [-0.1, -0.05) is 0 Å². The minimum atomic E-state index is -0.672. The second kappa shape index (κ2) is 7.59. The van der Waals surface area contributed by atoms with Crippen molar-refractivity contribution in [3.63, 3.8) is 0 Å². The van der Waals surface area contributed by atoms with Gasteiger partial charge in [0.2, 0.25) is 5.95 Å². The molecule has 0 saturated carbocycles. The first-order valence-corrected chi connectivity index (χ1v) is 9.35. The van der Waals surface area contributed by atoms with E-state index in [2.05, 4.69) is 31.9 Å². The Morgan fingerprint density at radius 3 is 2.55 bits per heavy atom. The average molecular weight is 395 g/mol. The largest absolute Gasteiger partial charge is 0.505 e. The summed E-state index contributed by atoms with van der Waals surface area (Å²) in [7, 11) is 2.09. The van der Waals surface area contributed by atoms with E-state index < -0.39 is 5.82 Å². The Bertz CT molecular complexity index is 1050. The standard InChI is InChI=1S/C20H22FN7O/c1-28-6-3-11(4-7-28)14-10-15(26-20(23)25-14)19-16(29)9-13(21)18(27-19)12-2-5-24-17(22)8-12/h2,5,8-11,29H,3-4,6-7H2,1H3,(H2,22,24)(H2,23,25,26). The highest BCUT2D eigenvalue weighted by molar-refractivity contribution is 5.70. The summed E-state index contributed by atoms with van der Waals surface area (Å²) in [6, 6.07) is 5.91. The van der Waals surface area contributed by atoms with Gasteiger partial charge in [0.1, 0.15) is 23.0 Å². The molecular weight excluding hydrogens is 373 g/mol. The lowest BCUT2D eigenvalue weighted by Crippen LogP contribution is -2.29. The molecule has 1 aliphatic rings. The quantitative estimate of drug-likeness (QED) is 0.617. The molecule has 1 saturated heterocycles. The number of nitrogens with zero attached hydrogens (tertiary/aromatic N) is 5.